The molecule has 134 valence electrons. The van der Waals surface area contributed by atoms with Gasteiger partial charge < -0.3 is 14.5 Å². The molecule has 26 heavy (non-hydrogen) atoms. The summed E-state index contributed by atoms with van der Waals surface area (Å²) in [6.45, 7) is 1.18. The van der Waals surface area contributed by atoms with Gasteiger partial charge in [0.05, 0.1) is 12.8 Å². The van der Waals surface area contributed by atoms with E-state index in [4.69, 9.17) is 15.3 Å². The molecule has 0 fully saturated rings. The van der Waals surface area contributed by atoms with Gasteiger partial charge in [-0.25, -0.2) is 5.84 Å². The van der Waals surface area contributed by atoms with Crippen molar-refractivity contribution >= 4 is 5.69 Å². The zero-order chi connectivity index (χ0) is 18.2. The maximum absolute atomic E-state index is 6.16. The quantitative estimate of drug-likeness (QED) is 0.497. The van der Waals surface area contributed by atoms with E-state index in [1.807, 2.05) is 60.7 Å². The predicted molar refractivity (Wildman–Crippen MR) is 103 cm³/mol. The van der Waals surface area contributed by atoms with Gasteiger partial charge in [-0.05, 0) is 47.9 Å². The maximum atomic E-state index is 6.16. The van der Waals surface area contributed by atoms with Gasteiger partial charge in [0.2, 0.25) is 0 Å². The molecule has 3 aromatic rings. The minimum absolute atomic E-state index is 0.525. The summed E-state index contributed by atoms with van der Waals surface area (Å²) in [6.07, 6.45) is 4.20. The van der Waals surface area contributed by atoms with E-state index in [0.29, 0.717) is 13.2 Å². The van der Waals surface area contributed by atoms with Gasteiger partial charge in [0.25, 0.3) is 0 Å². The number of pyridine rings is 1. The second kappa shape index (κ2) is 8.87. The van der Waals surface area contributed by atoms with Crippen LogP contribution >= 0.6 is 0 Å². The number of benzene rings is 2. The molecule has 0 bridgehead atoms. The molecule has 0 spiro atoms. The Balaban J connectivity index is 1.69. The van der Waals surface area contributed by atoms with E-state index in [-0.39, 0.29) is 0 Å². The van der Waals surface area contributed by atoms with Crippen LogP contribution in [0, 0.1) is 0 Å². The van der Waals surface area contributed by atoms with Crippen LogP contribution in [0.2, 0.25) is 0 Å². The largest absolute Gasteiger partial charge is 0.497 e. The van der Waals surface area contributed by atoms with Crippen molar-refractivity contribution in [1.82, 2.24) is 4.98 Å². The number of anilines is 1. The fraction of sp³-hybridized carbons (Fsp3) is 0.190. The highest BCUT2D eigenvalue weighted by molar-refractivity contribution is 5.44. The van der Waals surface area contributed by atoms with Crippen LogP contribution in [0.4, 0.5) is 5.69 Å². The Morgan fingerprint density at radius 2 is 1.77 bits per heavy atom. The lowest BCUT2D eigenvalue weighted by molar-refractivity contribution is 0.302. The number of hydrazine groups is 1. The van der Waals surface area contributed by atoms with Gasteiger partial charge in [-0.3, -0.25) is 4.98 Å². The minimum atomic E-state index is 0.525. The van der Waals surface area contributed by atoms with E-state index in [2.05, 4.69) is 4.98 Å². The highest BCUT2D eigenvalue weighted by Gasteiger charge is 2.09. The maximum Gasteiger partial charge on any atom is 0.123 e. The van der Waals surface area contributed by atoms with E-state index < -0.39 is 0 Å². The monoisotopic (exact) mass is 349 g/mol. The Morgan fingerprint density at radius 1 is 1.00 bits per heavy atom. The first-order valence-corrected chi connectivity index (χ1v) is 8.52. The average Bonchev–Trinajstić information content (AvgIpc) is 2.72. The van der Waals surface area contributed by atoms with Crippen LogP contribution in [0.5, 0.6) is 11.5 Å². The summed E-state index contributed by atoms with van der Waals surface area (Å²) >= 11 is 0. The second-order valence-corrected chi connectivity index (χ2v) is 5.90. The molecular formula is C21H23N3O2. The van der Waals surface area contributed by atoms with Crippen LogP contribution in [-0.4, -0.2) is 18.6 Å². The zero-order valence-electron chi connectivity index (χ0n) is 14.8. The number of rotatable bonds is 8. The van der Waals surface area contributed by atoms with Crippen molar-refractivity contribution in [2.75, 3.05) is 18.7 Å². The molecule has 3 rings (SSSR count). The number of hydrogen-bond acceptors (Lipinski definition) is 5. The molecule has 0 aliphatic rings. The van der Waals surface area contributed by atoms with Gasteiger partial charge in [-0.15, -0.1) is 0 Å². The average molecular weight is 349 g/mol. The van der Waals surface area contributed by atoms with Gasteiger partial charge in [0.15, 0.2) is 0 Å². The Morgan fingerprint density at radius 3 is 2.50 bits per heavy atom. The van der Waals surface area contributed by atoms with E-state index in [9.17, 15) is 0 Å². The number of nitrogens with zero attached hydrogens (tertiary/aromatic N) is 2. The summed E-state index contributed by atoms with van der Waals surface area (Å²) in [5, 5.41) is 1.71. The minimum Gasteiger partial charge on any atom is -0.497 e. The van der Waals surface area contributed by atoms with Crippen molar-refractivity contribution in [3.05, 3.63) is 84.2 Å². The van der Waals surface area contributed by atoms with Gasteiger partial charge in [-0.1, -0.05) is 30.3 Å². The number of aromatic nitrogens is 1. The third-order valence-corrected chi connectivity index (χ3v) is 4.12. The molecule has 0 amide bonds. The van der Waals surface area contributed by atoms with Crippen molar-refractivity contribution < 1.29 is 9.47 Å². The number of nitrogens with two attached hydrogens (primary N) is 1. The van der Waals surface area contributed by atoms with Crippen LogP contribution < -0.4 is 20.3 Å². The first-order chi connectivity index (χ1) is 12.8. The first kappa shape index (κ1) is 17.8. The molecule has 0 atom stereocenters. The first-order valence-electron chi connectivity index (χ1n) is 8.52. The summed E-state index contributed by atoms with van der Waals surface area (Å²) in [4.78, 5) is 4.02. The molecule has 1 heterocycles. The molecular weight excluding hydrogens is 326 g/mol. The molecule has 5 nitrogen and oxygen atoms in total. The fourth-order valence-electron chi connectivity index (χ4n) is 2.66. The molecule has 0 aliphatic carbocycles. The van der Waals surface area contributed by atoms with Gasteiger partial charge in [0, 0.05) is 18.9 Å². The molecule has 2 N–H and O–H groups in total. The third kappa shape index (κ3) is 4.74. The van der Waals surface area contributed by atoms with Crippen molar-refractivity contribution in [3.63, 3.8) is 0 Å². The highest BCUT2D eigenvalue weighted by Crippen LogP contribution is 2.26. The van der Waals surface area contributed by atoms with Crippen LogP contribution in [0.1, 0.15) is 11.1 Å². The standard InChI is InChI=1S/C21H23N3O2/c1-25-20-7-8-21(26-16-17-5-3-2-4-6-17)18(15-20)11-14-24(22)19-9-12-23-13-10-19/h2-10,12-13,15H,11,14,16,22H2,1H3. The van der Waals surface area contributed by atoms with Crippen LogP contribution in [0.3, 0.4) is 0 Å². The highest BCUT2D eigenvalue weighted by atomic mass is 16.5. The van der Waals surface area contributed by atoms with Gasteiger partial charge in [0.1, 0.15) is 18.1 Å². The zero-order valence-corrected chi connectivity index (χ0v) is 14.8. The Hall–Kier alpha value is -3.05. The molecule has 1 aromatic heterocycles. The van der Waals surface area contributed by atoms with Crippen molar-refractivity contribution in [1.29, 1.82) is 0 Å². The SMILES string of the molecule is COc1ccc(OCc2ccccc2)c(CCN(N)c2ccncc2)c1. The molecule has 0 saturated heterocycles. The smallest absolute Gasteiger partial charge is 0.123 e. The molecule has 0 radical (unpaired) electrons. The van der Waals surface area contributed by atoms with E-state index in [0.717, 1.165) is 34.7 Å². The van der Waals surface area contributed by atoms with Crippen molar-refractivity contribution in [2.45, 2.75) is 13.0 Å². The van der Waals surface area contributed by atoms with Crippen LogP contribution in [0.25, 0.3) is 0 Å². The molecule has 0 aliphatic heterocycles. The Kier molecular flexibility index (Phi) is 6.06. The van der Waals surface area contributed by atoms with Crippen molar-refractivity contribution in [2.24, 2.45) is 5.84 Å². The topological polar surface area (TPSA) is 60.6 Å². The molecule has 5 heteroatoms. The van der Waals surface area contributed by atoms with Crippen molar-refractivity contribution in [3.8, 4) is 11.5 Å². The fourth-order valence-corrected chi connectivity index (χ4v) is 2.66. The number of ether oxygens (including phenoxy) is 2. The van der Waals surface area contributed by atoms with E-state index >= 15 is 0 Å². The van der Waals surface area contributed by atoms with Crippen LogP contribution in [0.15, 0.2) is 73.1 Å². The van der Waals surface area contributed by atoms with Crippen LogP contribution in [-0.2, 0) is 13.0 Å². The summed E-state index contributed by atoms with van der Waals surface area (Å²) in [7, 11) is 1.66. The summed E-state index contributed by atoms with van der Waals surface area (Å²) in [6, 6.07) is 19.7. The normalized spacial score (nSPS) is 10.4. The Labute approximate surface area is 154 Å². The molecule has 0 saturated carbocycles. The van der Waals surface area contributed by atoms with Gasteiger partial charge >= 0.3 is 0 Å². The lowest BCUT2D eigenvalue weighted by atomic mass is 10.1. The van der Waals surface area contributed by atoms with Gasteiger partial charge in [-0.2, -0.15) is 0 Å². The Bertz CT molecular complexity index is 810. The summed E-state index contributed by atoms with van der Waals surface area (Å²) < 4.78 is 11.4. The second-order valence-electron chi connectivity index (χ2n) is 5.90. The summed E-state index contributed by atoms with van der Waals surface area (Å²) in [5.41, 5.74) is 3.12. The molecule has 2 aromatic carbocycles. The van der Waals surface area contributed by atoms with E-state index in [1.54, 1.807) is 24.5 Å². The number of hydrogen-bond donors (Lipinski definition) is 1. The summed E-state index contributed by atoms with van der Waals surface area (Å²) in [5.74, 6) is 7.81. The number of methoxy groups -OCH3 is 1. The lowest BCUT2D eigenvalue weighted by Crippen LogP contribution is -2.32. The lowest BCUT2D eigenvalue weighted by Gasteiger charge is -2.20. The third-order valence-electron chi connectivity index (χ3n) is 4.12. The predicted octanol–water partition coefficient (Wildman–Crippen LogP) is 3.59. The van der Waals surface area contributed by atoms with E-state index in [1.165, 1.54) is 0 Å². The molecule has 0 unspecified atom stereocenters.